The van der Waals surface area contributed by atoms with Crippen LogP contribution in [0.25, 0.3) is 0 Å². The molecule has 2 nitrogen and oxygen atoms in total. The molecule has 0 saturated heterocycles. The van der Waals surface area contributed by atoms with Crippen LogP contribution in [0.5, 0.6) is 0 Å². The summed E-state index contributed by atoms with van der Waals surface area (Å²) in [7, 11) is 0. The second-order valence-electron chi connectivity index (χ2n) is 4.87. The first-order chi connectivity index (χ1) is 6.87. The summed E-state index contributed by atoms with van der Waals surface area (Å²) in [5, 5.41) is 0. The Kier molecular flexibility index (Phi) is 5.33. The molecule has 0 radical (unpaired) electrons. The lowest BCUT2D eigenvalue weighted by molar-refractivity contribution is -0.172. The predicted molar refractivity (Wildman–Crippen MR) is 63.8 cm³/mol. The maximum atomic E-state index is 12.0. The van der Waals surface area contributed by atoms with E-state index in [1.807, 2.05) is 20.8 Å². The molecule has 90 valence electrons. The zero-order valence-electron chi connectivity index (χ0n) is 11.1. The first-order valence-electron chi connectivity index (χ1n) is 6.11. The van der Waals surface area contributed by atoms with Gasteiger partial charge in [-0.15, -0.1) is 0 Å². The Morgan fingerprint density at radius 3 is 1.60 bits per heavy atom. The molecular weight excluding hydrogens is 188 g/mol. The van der Waals surface area contributed by atoms with E-state index in [1.54, 1.807) is 0 Å². The zero-order chi connectivity index (χ0) is 12.1. The molecule has 2 heteroatoms. The number of hydrogen-bond acceptors (Lipinski definition) is 2. The van der Waals surface area contributed by atoms with Crippen LogP contribution in [0.15, 0.2) is 0 Å². The third kappa shape index (κ3) is 3.51. The Balaban J connectivity index is 4.62. The van der Waals surface area contributed by atoms with Gasteiger partial charge in [0.2, 0.25) is 0 Å². The average molecular weight is 214 g/mol. The summed E-state index contributed by atoms with van der Waals surface area (Å²) in [6, 6.07) is 0. The highest BCUT2D eigenvalue weighted by Gasteiger charge is 2.35. The van der Waals surface area contributed by atoms with Gasteiger partial charge in [0.1, 0.15) is 5.60 Å². The van der Waals surface area contributed by atoms with Crippen molar-refractivity contribution < 1.29 is 9.53 Å². The van der Waals surface area contributed by atoms with Crippen LogP contribution in [0.4, 0.5) is 0 Å². The van der Waals surface area contributed by atoms with E-state index in [1.165, 1.54) is 0 Å². The maximum Gasteiger partial charge on any atom is 0.312 e. The highest BCUT2D eigenvalue weighted by atomic mass is 16.6. The van der Waals surface area contributed by atoms with Crippen molar-refractivity contribution in [2.75, 3.05) is 0 Å². The van der Waals surface area contributed by atoms with Gasteiger partial charge in [-0.3, -0.25) is 4.79 Å². The molecule has 0 aliphatic heterocycles. The molecule has 0 N–H and O–H groups in total. The molecule has 0 aliphatic rings. The molecule has 0 rings (SSSR count). The number of rotatable bonds is 6. The van der Waals surface area contributed by atoms with Crippen LogP contribution in [0, 0.1) is 5.41 Å². The largest absolute Gasteiger partial charge is 0.459 e. The summed E-state index contributed by atoms with van der Waals surface area (Å²) in [6.07, 6.45) is 3.50. The smallest absolute Gasteiger partial charge is 0.312 e. The van der Waals surface area contributed by atoms with E-state index in [0.29, 0.717) is 0 Å². The van der Waals surface area contributed by atoms with Crippen molar-refractivity contribution in [3.63, 3.8) is 0 Å². The second-order valence-corrected chi connectivity index (χ2v) is 4.87. The van der Waals surface area contributed by atoms with Gasteiger partial charge in [-0.25, -0.2) is 0 Å². The van der Waals surface area contributed by atoms with Crippen LogP contribution in [0.1, 0.15) is 67.2 Å². The molecule has 0 spiro atoms. The van der Waals surface area contributed by atoms with Crippen molar-refractivity contribution in [2.45, 2.75) is 72.8 Å². The molecule has 0 unspecified atom stereocenters. The Morgan fingerprint density at radius 1 is 0.933 bits per heavy atom. The summed E-state index contributed by atoms with van der Waals surface area (Å²) in [4.78, 5) is 12.0. The fraction of sp³-hybridized carbons (Fsp3) is 0.923. The summed E-state index contributed by atoms with van der Waals surface area (Å²) < 4.78 is 5.70. The minimum Gasteiger partial charge on any atom is -0.459 e. The second kappa shape index (κ2) is 5.53. The zero-order valence-corrected chi connectivity index (χ0v) is 11.1. The fourth-order valence-corrected chi connectivity index (χ4v) is 1.45. The molecule has 0 heterocycles. The van der Waals surface area contributed by atoms with E-state index in [4.69, 9.17) is 4.74 Å². The number of carbonyl (C=O) groups is 1. The van der Waals surface area contributed by atoms with Gasteiger partial charge in [-0.05, 0) is 39.5 Å². The third-order valence-corrected chi connectivity index (χ3v) is 3.68. The molecule has 0 fully saturated rings. The van der Waals surface area contributed by atoms with Crippen molar-refractivity contribution in [2.24, 2.45) is 5.41 Å². The molecule has 0 amide bonds. The van der Waals surface area contributed by atoms with E-state index in [9.17, 15) is 4.79 Å². The maximum absolute atomic E-state index is 12.0. The van der Waals surface area contributed by atoms with Gasteiger partial charge in [0.05, 0.1) is 5.41 Å². The number of carbonyl (C=O) groups excluding carboxylic acids is 1. The fourth-order valence-electron chi connectivity index (χ4n) is 1.45. The van der Waals surface area contributed by atoms with Gasteiger partial charge >= 0.3 is 5.97 Å². The summed E-state index contributed by atoms with van der Waals surface area (Å²) in [6.45, 7) is 12.2. The Morgan fingerprint density at radius 2 is 1.33 bits per heavy atom. The number of ether oxygens (including phenoxy) is 1. The first kappa shape index (κ1) is 14.5. The van der Waals surface area contributed by atoms with Gasteiger partial charge in [-0.2, -0.15) is 0 Å². The number of esters is 1. The summed E-state index contributed by atoms with van der Waals surface area (Å²) in [5.74, 6) is -0.0597. The van der Waals surface area contributed by atoms with Crippen LogP contribution in [-0.4, -0.2) is 11.6 Å². The van der Waals surface area contributed by atoms with E-state index in [0.717, 1.165) is 25.7 Å². The molecule has 0 bridgehead atoms. The van der Waals surface area contributed by atoms with Gasteiger partial charge < -0.3 is 4.74 Å². The lowest BCUT2D eigenvalue weighted by Gasteiger charge is -2.34. The lowest BCUT2D eigenvalue weighted by Crippen LogP contribution is -2.38. The molecule has 0 aromatic carbocycles. The average Bonchev–Trinajstić information content (AvgIpc) is 2.25. The normalized spacial score (nSPS) is 12.7. The standard InChI is InChI=1S/C13H26O2/c1-7-12(5,6)11(14)15-13(8-2,9-3)10-4/h7-10H2,1-6H3. The SMILES string of the molecule is CCC(CC)(CC)OC(=O)C(C)(C)CC. The first-order valence-corrected chi connectivity index (χ1v) is 6.11. The highest BCUT2D eigenvalue weighted by molar-refractivity contribution is 5.76. The molecule has 15 heavy (non-hydrogen) atoms. The monoisotopic (exact) mass is 214 g/mol. The minimum atomic E-state index is -0.356. The van der Waals surface area contributed by atoms with Crippen LogP contribution < -0.4 is 0 Å². The summed E-state index contributed by atoms with van der Waals surface area (Å²) in [5.41, 5.74) is -0.603. The van der Waals surface area contributed by atoms with E-state index in [2.05, 4.69) is 20.8 Å². The Bertz CT molecular complexity index is 194. The van der Waals surface area contributed by atoms with Crippen LogP contribution >= 0.6 is 0 Å². The van der Waals surface area contributed by atoms with Gasteiger partial charge in [0.15, 0.2) is 0 Å². The lowest BCUT2D eigenvalue weighted by atomic mass is 9.88. The van der Waals surface area contributed by atoms with Crippen LogP contribution in [0.2, 0.25) is 0 Å². The Hall–Kier alpha value is -0.530. The topological polar surface area (TPSA) is 26.3 Å². The van der Waals surface area contributed by atoms with Gasteiger partial charge in [-0.1, -0.05) is 27.7 Å². The highest BCUT2D eigenvalue weighted by Crippen LogP contribution is 2.30. The molecule has 0 aromatic rings. The van der Waals surface area contributed by atoms with Crippen molar-refractivity contribution >= 4 is 5.97 Å². The van der Waals surface area contributed by atoms with Crippen molar-refractivity contribution in [1.29, 1.82) is 0 Å². The molecular formula is C13H26O2. The van der Waals surface area contributed by atoms with Crippen LogP contribution in [0.3, 0.4) is 0 Å². The number of hydrogen-bond donors (Lipinski definition) is 0. The van der Waals surface area contributed by atoms with E-state index >= 15 is 0 Å². The molecule has 0 atom stereocenters. The molecule has 0 aromatic heterocycles. The van der Waals surface area contributed by atoms with Gasteiger partial charge in [0, 0.05) is 0 Å². The quantitative estimate of drug-likeness (QED) is 0.626. The Labute approximate surface area is 94.4 Å². The third-order valence-electron chi connectivity index (χ3n) is 3.68. The molecule has 0 aliphatic carbocycles. The summed E-state index contributed by atoms with van der Waals surface area (Å²) >= 11 is 0. The van der Waals surface area contributed by atoms with E-state index < -0.39 is 0 Å². The molecule has 0 saturated carbocycles. The minimum absolute atomic E-state index is 0.0597. The van der Waals surface area contributed by atoms with Crippen molar-refractivity contribution in [3.8, 4) is 0 Å². The van der Waals surface area contributed by atoms with Crippen molar-refractivity contribution in [3.05, 3.63) is 0 Å². The van der Waals surface area contributed by atoms with Gasteiger partial charge in [0.25, 0.3) is 0 Å². The van der Waals surface area contributed by atoms with E-state index in [-0.39, 0.29) is 17.0 Å². The van der Waals surface area contributed by atoms with Crippen molar-refractivity contribution in [1.82, 2.24) is 0 Å². The van der Waals surface area contributed by atoms with Crippen LogP contribution in [-0.2, 0) is 9.53 Å². The predicted octanol–water partition coefficient (Wildman–Crippen LogP) is 3.93.